The van der Waals surface area contributed by atoms with Crippen molar-refractivity contribution in [3.63, 3.8) is 0 Å². The summed E-state index contributed by atoms with van der Waals surface area (Å²) < 4.78 is 13.0. The Labute approximate surface area is 177 Å². The van der Waals surface area contributed by atoms with Gasteiger partial charge in [0.1, 0.15) is 30.6 Å². The van der Waals surface area contributed by atoms with Crippen molar-refractivity contribution in [3.05, 3.63) is 66.2 Å². The van der Waals surface area contributed by atoms with Gasteiger partial charge in [0.2, 0.25) is 5.72 Å². The third-order valence-electron chi connectivity index (χ3n) is 5.84. The number of hydrogen-bond acceptors (Lipinski definition) is 10. The van der Waals surface area contributed by atoms with Gasteiger partial charge >= 0.3 is 11.4 Å². The van der Waals surface area contributed by atoms with Gasteiger partial charge in [-0.3, -0.25) is 28.7 Å². The SMILES string of the molecule is C[C@H]1O[C@@](C(O)[C@H]2O[C@@H](n3ccc(=O)[nH]c3=O)C[C@@H]2O)(n2ccc(=O)[nH]c2=O)[C@H](O)[C@@H]1O. The molecule has 2 aromatic rings. The van der Waals surface area contributed by atoms with E-state index >= 15 is 0 Å². The first-order valence-corrected chi connectivity index (χ1v) is 9.75. The summed E-state index contributed by atoms with van der Waals surface area (Å²) in [6, 6.07) is 2.03. The van der Waals surface area contributed by atoms with E-state index in [4.69, 9.17) is 9.47 Å². The number of rotatable bonds is 4. The summed E-state index contributed by atoms with van der Waals surface area (Å²) in [5, 5.41) is 42.9. The Kier molecular flexibility index (Phi) is 5.52. The summed E-state index contributed by atoms with van der Waals surface area (Å²) in [4.78, 5) is 51.4. The second kappa shape index (κ2) is 7.91. The summed E-state index contributed by atoms with van der Waals surface area (Å²) in [5.41, 5.74) is -5.57. The number of aromatic amines is 2. The summed E-state index contributed by atoms with van der Waals surface area (Å²) in [7, 11) is 0. The Balaban J connectivity index is 1.76. The van der Waals surface area contributed by atoms with Crippen LogP contribution in [0.15, 0.2) is 43.7 Å². The number of aliphatic hydroxyl groups is 4. The molecule has 2 saturated heterocycles. The van der Waals surface area contributed by atoms with Crippen LogP contribution >= 0.6 is 0 Å². The third kappa shape index (κ3) is 3.37. The molecule has 0 amide bonds. The minimum atomic E-state index is -2.34. The minimum absolute atomic E-state index is 0.182. The van der Waals surface area contributed by atoms with Crippen LogP contribution in [0.2, 0.25) is 0 Å². The van der Waals surface area contributed by atoms with Gasteiger partial charge in [-0.15, -0.1) is 0 Å². The van der Waals surface area contributed by atoms with Crippen LogP contribution in [0.5, 0.6) is 0 Å². The van der Waals surface area contributed by atoms with Crippen molar-refractivity contribution in [2.24, 2.45) is 0 Å². The Morgan fingerprint density at radius 3 is 2.25 bits per heavy atom. The average molecular weight is 454 g/mol. The van der Waals surface area contributed by atoms with Crippen LogP contribution in [-0.2, 0) is 15.2 Å². The number of nitrogens with zero attached hydrogens (tertiary/aromatic N) is 2. The quantitative estimate of drug-likeness (QED) is 0.263. The highest BCUT2D eigenvalue weighted by Crippen LogP contribution is 2.42. The Morgan fingerprint density at radius 2 is 1.69 bits per heavy atom. The van der Waals surface area contributed by atoms with Crippen LogP contribution in [0, 0.1) is 0 Å². The molecule has 0 aromatic carbocycles. The molecule has 0 aliphatic carbocycles. The van der Waals surface area contributed by atoms with Gasteiger partial charge in [-0.1, -0.05) is 0 Å². The molecular weight excluding hydrogens is 432 g/mol. The van der Waals surface area contributed by atoms with Crippen molar-refractivity contribution < 1.29 is 29.9 Å². The molecule has 2 aromatic heterocycles. The van der Waals surface area contributed by atoms with Crippen molar-refractivity contribution in [3.8, 4) is 0 Å². The molecule has 2 fully saturated rings. The lowest BCUT2D eigenvalue weighted by molar-refractivity contribution is -0.242. The molecule has 2 aliphatic rings. The fraction of sp³-hybridized carbons (Fsp3) is 0.556. The number of H-pyrrole nitrogens is 2. The molecule has 1 unspecified atom stereocenters. The van der Waals surface area contributed by atoms with Crippen molar-refractivity contribution >= 4 is 0 Å². The van der Waals surface area contributed by atoms with Crippen LogP contribution in [0.1, 0.15) is 19.6 Å². The van der Waals surface area contributed by atoms with Crippen molar-refractivity contribution in [2.75, 3.05) is 0 Å². The Bertz CT molecular complexity index is 1230. The highest BCUT2D eigenvalue weighted by Gasteiger charge is 2.62. The molecule has 8 atom stereocenters. The topological polar surface area (TPSA) is 209 Å². The molecule has 174 valence electrons. The van der Waals surface area contributed by atoms with Gasteiger partial charge in [0, 0.05) is 30.9 Å². The maximum atomic E-state index is 12.5. The fourth-order valence-corrected chi connectivity index (χ4v) is 4.24. The highest BCUT2D eigenvalue weighted by atomic mass is 16.6. The first kappa shape index (κ1) is 22.3. The maximum absolute atomic E-state index is 12.5. The Hall–Kier alpha value is -2.88. The predicted molar refractivity (Wildman–Crippen MR) is 104 cm³/mol. The largest absolute Gasteiger partial charge is 0.390 e. The van der Waals surface area contributed by atoms with Gasteiger partial charge in [0.15, 0.2) is 0 Å². The van der Waals surface area contributed by atoms with E-state index in [9.17, 15) is 39.6 Å². The van der Waals surface area contributed by atoms with Crippen molar-refractivity contribution in [1.29, 1.82) is 0 Å². The highest BCUT2D eigenvalue weighted by molar-refractivity contribution is 5.08. The van der Waals surface area contributed by atoms with E-state index in [1.165, 1.54) is 6.92 Å². The predicted octanol–water partition coefficient (Wildman–Crippen LogP) is -4.11. The van der Waals surface area contributed by atoms with E-state index in [1.807, 2.05) is 9.97 Å². The standard InChI is InChI=1S/C18H22N4O10/c1-7-12(26)14(27)18(32-7,22-5-3-10(25)20-17(22)30)15(28)13-8(23)6-11(31-13)21-4-2-9(24)19-16(21)29/h2-5,7-8,11-15,23,26-28H,6H2,1H3,(H,19,24,29)(H,20,25,30)/t7-,8+,11-,12-,13+,14-,15?,18+/m1/s1. The zero-order valence-corrected chi connectivity index (χ0v) is 16.7. The summed E-state index contributed by atoms with van der Waals surface area (Å²) in [6.45, 7) is 1.40. The zero-order valence-electron chi connectivity index (χ0n) is 16.7. The van der Waals surface area contributed by atoms with E-state index in [0.717, 1.165) is 29.1 Å². The monoisotopic (exact) mass is 454 g/mol. The summed E-state index contributed by atoms with van der Waals surface area (Å²) in [6.07, 6.45) is -8.42. The van der Waals surface area contributed by atoms with Gasteiger partial charge in [-0.05, 0) is 6.92 Å². The molecule has 14 nitrogen and oxygen atoms in total. The molecule has 2 aliphatic heterocycles. The molecule has 0 saturated carbocycles. The number of nitrogens with one attached hydrogen (secondary N) is 2. The zero-order chi connectivity index (χ0) is 23.4. The van der Waals surface area contributed by atoms with E-state index in [-0.39, 0.29) is 6.42 Å². The molecule has 0 bridgehead atoms. The minimum Gasteiger partial charge on any atom is -0.390 e. The second-order valence-corrected chi connectivity index (χ2v) is 7.81. The summed E-state index contributed by atoms with van der Waals surface area (Å²) >= 11 is 0. The molecule has 14 heteroatoms. The van der Waals surface area contributed by atoms with E-state index in [2.05, 4.69) is 0 Å². The van der Waals surface area contributed by atoms with Gasteiger partial charge < -0.3 is 29.9 Å². The lowest BCUT2D eigenvalue weighted by Crippen LogP contribution is -2.62. The smallest absolute Gasteiger partial charge is 0.330 e. The van der Waals surface area contributed by atoms with Gasteiger partial charge in [0.05, 0.1) is 12.2 Å². The average Bonchev–Trinajstić information content (AvgIpc) is 3.21. The van der Waals surface area contributed by atoms with E-state index in [1.54, 1.807) is 0 Å². The van der Waals surface area contributed by atoms with Gasteiger partial charge in [-0.2, -0.15) is 0 Å². The fourth-order valence-electron chi connectivity index (χ4n) is 4.24. The number of ether oxygens (including phenoxy) is 2. The van der Waals surface area contributed by atoms with Crippen molar-refractivity contribution in [1.82, 2.24) is 19.1 Å². The number of hydrogen-bond donors (Lipinski definition) is 6. The van der Waals surface area contributed by atoms with Crippen molar-refractivity contribution in [2.45, 2.75) is 61.9 Å². The molecule has 0 spiro atoms. The number of aliphatic hydroxyl groups excluding tert-OH is 4. The second-order valence-electron chi connectivity index (χ2n) is 7.81. The Morgan fingerprint density at radius 1 is 1.06 bits per heavy atom. The first-order valence-electron chi connectivity index (χ1n) is 9.75. The van der Waals surface area contributed by atoms with Crippen LogP contribution in [0.3, 0.4) is 0 Å². The van der Waals surface area contributed by atoms with Gasteiger partial charge in [0.25, 0.3) is 11.1 Å². The van der Waals surface area contributed by atoms with Crippen LogP contribution < -0.4 is 22.5 Å². The lowest BCUT2D eigenvalue weighted by Gasteiger charge is -2.40. The molecule has 4 heterocycles. The van der Waals surface area contributed by atoms with Crippen LogP contribution in [-0.4, -0.2) is 76.2 Å². The van der Waals surface area contributed by atoms with Crippen LogP contribution in [0.25, 0.3) is 0 Å². The lowest BCUT2D eigenvalue weighted by atomic mass is 9.91. The van der Waals surface area contributed by atoms with E-state index in [0.29, 0.717) is 4.57 Å². The first-order chi connectivity index (χ1) is 15.1. The van der Waals surface area contributed by atoms with Gasteiger partial charge in [-0.25, -0.2) is 9.59 Å². The number of aromatic nitrogens is 4. The van der Waals surface area contributed by atoms with E-state index < -0.39 is 71.1 Å². The molecule has 4 rings (SSSR count). The molecule has 0 radical (unpaired) electrons. The summed E-state index contributed by atoms with van der Waals surface area (Å²) in [5.74, 6) is 0. The normalized spacial score (nSPS) is 35.8. The third-order valence-corrected chi connectivity index (χ3v) is 5.84. The maximum Gasteiger partial charge on any atom is 0.330 e. The molecular formula is C18H22N4O10. The van der Waals surface area contributed by atoms with Crippen LogP contribution in [0.4, 0.5) is 0 Å². The molecule has 6 N–H and O–H groups in total. The molecule has 32 heavy (non-hydrogen) atoms.